The van der Waals surface area contributed by atoms with E-state index in [4.69, 9.17) is 10.5 Å². The van der Waals surface area contributed by atoms with Gasteiger partial charge in [-0.2, -0.15) is 0 Å². The van der Waals surface area contributed by atoms with Crippen LogP contribution in [0.25, 0.3) is 10.8 Å². The molecule has 0 amide bonds. The van der Waals surface area contributed by atoms with E-state index < -0.39 is 0 Å². The number of hydrogen-bond acceptors (Lipinski definition) is 4. The molecule has 1 saturated heterocycles. The molecular formula is C20H29N3O. The number of nitrogens with zero attached hydrogens (tertiary/aromatic N) is 2. The van der Waals surface area contributed by atoms with Crippen molar-refractivity contribution in [1.82, 2.24) is 9.80 Å². The summed E-state index contributed by atoms with van der Waals surface area (Å²) >= 11 is 0. The van der Waals surface area contributed by atoms with Crippen molar-refractivity contribution < 1.29 is 4.74 Å². The summed E-state index contributed by atoms with van der Waals surface area (Å²) in [5, 5.41) is 2.52. The van der Waals surface area contributed by atoms with Crippen molar-refractivity contribution in [2.45, 2.75) is 18.9 Å². The second kappa shape index (κ2) is 7.97. The molecule has 3 rings (SSSR count). The molecule has 1 atom stereocenters. The number of ether oxygens (including phenoxy) is 1. The smallest absolute Gasteiger partial charge is 0.124 e. The van der Waals surface area contributed by atoms with Crippen LogP contribution in [0.5, 0.6) is 5.75 Å². The SMILES string of the molecule is CN(C)CCOc1ccc2ccccc2c1C(CN)N1CCCC1. The summed E-state index contributed by atoms with van der Waals surface area (Å²) < 4.78 is 6.17. The molecule has 0 radical (unpaired) electrons. The maximum Gasteiger partial charge on any atom is 0.124 e. The lowest BCUT2D eigenvalue weighted by Gasteiger charge is -2.29. The van der Waals surface area contributed by atoms with Crippen molar-refractivity contribution in [2.24, 2.45) is 5.73 Å². The first kappa shape index (κ1) is 17.2. The first-order valence-electron chi connectivity index (χ1n) is 8.94. The summed E-state index contributed by atoms with van der Waals surface area (Å²) in [6, 6.07) is 13.1. The van der Waals surface area contributed by atoms with E-state index in [-0.39, 0.29) is 6.04 Å². The lowest BCUT2D eigenvalue weighted by Crippen LogP contribution is -2.32. The van der Waals surface area contributed by atoms with Gasteiger partial charge in [0.2, 0.25) is 0 Å². The van der Waals surface area contributed by atoms with Crippen LogP contribution in [0.4, 0.5) is 0 Å². The summed E-state index contributed by atoms with van der Waals surface area (Å²) in [4.78, 5) is 4.65. The number of rotatable bonds is 7. The molecule has 1 unspecified atom stereocenters. The van der Waals surface area contributed by atoms with E-state index in [1.54, 1.807) is 0 Å². The Bertz CT molecular complexity index is 665. The largest absolute Gasteiger partial charge is 0.492 e. The van der Waals surface area contributed by atoms with Crippen LogP contribution in [0.2, 0.25) is 0 Å². The molecule has 24 heavy (non-hydrogen) atoms. The second-order valence-corrected chi connectivity index (χ2v) is 6.84. The van der Waals surface area contributed by atoms with E-state index in [0.29, 0.717) is 13.2 Å². The molecule has 4 nitrogen and oxygen atoms in total. The molecule has 0 spiro atoms. The normalized spacial score (nSPS) is 16.8. The van der Waals surface area contributed by atoms with E-state index >= 15 is 0 Å². The number of likely N-dealkylation sites (tertiary alicyclic amines) is 1. The van der Waals surface area contributed by atoms with Crippen LogP contribution in [0.15, 0.2) is 36.4 Å². The standard InChI is InChI=1S/C20H29N3O/c1-22(2)13-14-24-19-10-9-16-7-3-4-8-17(16)20(19)18(15-21)23-11-5-6-12-23/h3-4,7-10,18H,5-6,11-15,21H2,1-2H3. The van der Waals surface area contributed by atoms with E-state index in [1.165, 1.54) is 29.2 Å². The highest BCUT2D eigenvalue weighted by molar-refractivity contribution is 5.88. The van der Waals surface area contributed by atoms with Crippen molar-refractivity contribution in [3.63, 3.8) is 0 Å². The predicted octanol–water partition coefficient (Wildman–Crippen LogP) is 2.88. The lowest BCUT2D eigenvalue weighted by molar-refractivity contribution is 0.231. The predicted molar refractivity (Wildman–Crippen MR) is 101 cm³/mol. The number of hydrogen-bond donors (Lipinski definition) is 1. The molecule has 0 saturated carbocycles. The van der Waals surface area contributed by atoms with E-state index in [9.17, 15) is 0 Å². The molecule has 2 N–H and O–H groups in total. The Morgan fingerprint density at radius 2 is 1.88 bits per heavy atom. The van der Waals surface area contributed by atoms with Crippen LogP contribution in [0.1, 0.15) is 24.4 Å². The first-order valence-corrected chi connectivity index (χ1v) is 8.94. The molecule has 0 aromatic heterocycles. The fraction of sp³-hybridized carbons (Fsp3) is 0.500. The summed E-state index contributed by atoms with van der Waals surface area (Å²) in [5.74, 6) is 0.984. The minimum Gasteiger partial charge on any atom is -0.492 e. The number of nitrogens with two attached hydrogens (primary N) is 1. The minimum atomic E-state index is 0.230. The van der Waals surface area contributed by atoms with Crippen molar-refractivity contribution >= 4 is 10.8 Å². The molecule has 1 heterocycles. The molecule has 1 fully saturated rings. The molecule has 2 aromatic carbocycles. The summed E-state index contributed by atoms with van der Waals surface area (Å²) in [7, 11) is 4.13. The Morgan fingerprint density at radius 1 is 1.12 bits per heavy atom. The Morgan fingerprint density at radius 3 is 2.58 bits per heavy atom. The fourth-order valence-corrected chi connectivity index (χ4v) is 3.59. The van der Waals surface area contributed by atoms with Gasteiger partial charge in [-0.1, -0.05) is 30.3 Å². The van der Waals surface area contributed by atoms with Crippen molar-refractivity contribution in [2.75, 3.05) is 46.9 Å². The molecule has 2 aromatic rings. The highest BCUT2D eigenvalue weighted by Gasteiger charge is 2.26. The molecule has 0 bridgehead atoms. The van der Waals surface area contributed by atoms with Crippen LogP contribution >= 0.6 is 0 Å². The lowest BCUT2D eigenvalue weighted by atomic mass is 9.96. The van der Waals surface area contributed by atoms with Crippen LogP contribution < -0.4 is 10.5 Å². The van der Waals surface area contributed by atoms with Gasteiger partial charge in [0, 0.05) is 18.7 Å². The molecular weight excluding hydrogens is 298 g/mol. The molecule has 0 aliphatic carbocycles. The zero-order valence-corrected chi connectivity index (χ0v) is 14.9. The topological polar surface area (TPSA) is 41.7 Å². The van der Waals surface area contributed by atoms with Crippen LogP contribution in [0.3, 0.4) is 0 Å². The molecule has 1 aliphatic heterocycles. The third kappa shape index (κ3) is 3.72. The van der Waals surface area contributed by atoms with Crippen LogP contribution in [0, 0.1) is 0 Å². The Balaban J connectivity index is 1.99. The van der Waals surface area contributed by atoms with Gasteiger partial charge in [0.1, 0.15) is 12.4 Å². The van der Waals surface area contributed by atoms with Crippen LogP contribution in [-0.2, 0) is 0 Å². The van der Waals surface area contributed by atoms with Gasteiger partial charge in [0.15, 0.2) is 0 Å². The van der Waals surface area contributed by atoms with Gasteiger partial charge in [-0.15, -0.1) is 0 Å². The summed E-state index contributed by atoms with van der Waals surface area (Å²) in [5.41, 5.74) is 7.48. The molecule has 1 aliphatic rings. The number of fused-ring (bicyclic) bond motifs is 1. The van der Waals surface area contributed by atoms with Gasteiger partial charge in [-0.05, 0) is 56.9 Å². The summed E-state index contributed by atoms with van der Waals surface area (Å²) in [6.07, 6.45) is 2.52. The van der Waals surface area contributed by atoms with Gasteiger partial charge < -0.3 is 15.4 Å². The maximum absolute atomic E-state index is 6.22. The highest BCUT2D eigenvalue weighted by atomic mass is 16.5. The minimum absolute atomic E-state index is 0.230. The fourth-order valence-electron chi connectivity index (χ4n) is 3.59. The highest BCUT2D eigenvalue weighted by Crippen LogP contribution is 2.37. The van der Waals surface area contributed by atoms with Gasteiger partial charge in [-0.3, -0.25) is 4.90 Å². The zero-order chi connectivity index (χ0) is 16.9. The van der Waals surface area contributed by atoms with Gasteiger partial charge in [-0.25, -0.2) is 0 Å². The zero-order valence-electron chi connectivity index (χ0n) is 14.9. The van der Waals surface area contributed by atoms with E-state index in [1.807, 2.05) is 0 Å². The average molecular weight is 327 g/mol. The Labute approximate surface area is 145 Å². The third-order valence-electron chi connectivity index (χ3n) is 4.86. The van der Waals surface area contributed by atoms with Gasteiger partial charge in [0.25, 0.3) is 0 Å². The quantitative estimate of drug-likeness (QED) is 0.849. The molecule has 130 valence electrons. The monoisotopic (exact) mass is 327 g/mol. The van der Waals surface area contributed by atoms with E-state index in [2.05, 4.69) is 60.3 Å². The van der Waals surface area contributed by atoms with Crippen molar-refractivity contribution in [3.05, 3.63) is 42.0 Å². The van der Waals surface area contributed by atoms with E-state index in [0.717, 1.165) is 25.4 Å². The average Bonchev–Trinajstić information content (AvgIpc) is 3.11. The van der Waals surface area contributed by atoms with Gasteiger partial charge in [0.05, 0.1) is 6.04 Å². The molecule has 4 heteroatoms. The maximum atomic E-state index is 6.22. The Hall–Kier alpha value is -1.62. The van der Waals surface area contributed by atoms with Crippen molar-refractivity contribution in [3.8, 4) is 5.75 Å². The second-order valence-electron chi connectivity index (χ2n) is 6.84. The first-order chi connectivity index (χ1) is 11.7. The summed E-state index contributed by atoms with van der Waals surface area (Å²) in [6.45, 7) is 4.47. The number of likely N-dealkylation sites (N-methyl/N-ethyl adjacent to an activating group) is 1. The van der Waals surface area contributed by atoms with Gasteiger partial charge >= 0.3 is 0 Å². The number of benzene rings is 2. The Kier molecular flexibility index (Phi) is 5.72. The van der Waals surface area contributed by atoms with Crippen molar-refractivity contribution in [1.29, 1.82) is 0 Å². The third-order valence-corrected chi connectivity index (χ3v) is 4.86. The van der Waals surface area contributed by atoms with Crippen LogP contribution in [-0.4, -0.2) is 56.7 Å².